The summed E-state index contributed by atoms with van der Waals surface area (Å²) in [7, 11) is -2.12. The van der Waals surface area contributed by atoms with Crippen LogP contribution in [0.5, 0.6) is 5.75 Å². The van der Waals surface area contributed by atoms with E-state index in [1.807, 2.05) is 0 Å². The number of nitro groups is 1. The van der Waals surface area contributed by atoms with Crippen LogP contribution in [0.1, 0.15) is 30.1 Å². The van der Waals surface area contributed by atoms with Crippen LogP contribution in [0.4, 0.5) is 10.0 Å². The van der Waals surface area contributed by atoms with Crippen molar-refractivity contribution in [1.29, 1.82) is 0 Å². The van der Waals surface area contributed by atoms with Gasteiger partial charge in [0.05, 0.1) is 29.3 Å². The molecule has 1 N–H and O–H groups in total. The van der Waals surface area contributed by atoms with Crippen molar-refractivity contribution < 1.29 is 32.4 Å². The molecular formula is C18H20N2O8S2. The molecular weight excluding hydrogens is 436 g/mol. The molecule has 0 unspecified atom stereocenters. The zero-order valence-corrected chi connectivity index (χ0v) is 17.9. The third kappa shape index (κ3) is 6.00. The summed E-state index contributed by atoms with van der Waals surface area (Å²) in [5.41, 5.74) is -0.118. The third-order valence-corrected chi connectivity index (χ3v) is 6.70. The molecule has 10 nitrogen and oxygen atoms in total. The van der Waals surface area contributed by atoms with Gasteiger partial charge in [-0.25, -0.2) is 13.2 Å². The summed E-state index contributed by atoms with van der Waals surface area (Å²) in [6.07, 6.45) is -0.119. The lowest BCUT2D eigenvalue weighted by Gasteiger charge is -2.07. The Balaban J connectivity index is 2.00. The van der Waals surface area contributed by atoms with Crippen LogP contribution in [0.15, 0.2) is 35.2 Å². The monoisotopic (exact) mass is 456 g/mol. The van der Waals surface area contributed by atoms with Crippen molar-refractivity contribution in [1.82, 2.24) is 0 Å². The zero-order valence-electron chi connectivity index (χ0n) is 16.2. The second-order valence-corrected chi connectivity index (χ2v) is 9.09. The smallest absolute Gasteiger partial charge is 0.341 e. The molecule has 12 heteroatoms. The minimum absolute atomic E-state index is 0.0110. The molecule has 1 heterocycles. The summed E-state index contributed by atoms with van der Waals surface area (Å²) in [6.45, 7) is 1.65. The van der Waals surface area contributed by atoms with Crippen LogP contribution in [0.25, 0.3) is 0 Å². The van der Waals surface area contributed by atoms with Gasteiger partial charge in [0.25, 0.3) is 0 Å². The van der Waals surface area contributed by atoms with Gasteiger partial charge in [0.2, 0.25) is 5.91 Å². The van der Waals surface area contributed by atoms with Crippen LogP contribution < -0.4 is 10.1 Å². The van der Waals surface area contributed by atoms with Gasteiger partial charge in [-0.15, -0.1) is 0 Å². The fraction of sp³-hybridized carbons (Fsp3) is 0.333. The number of esters is 1. The van der Waals surface area contributed by atoms with Crippen LogP contribution in [0.3, 0.4) is 0 Å². The van der Waals surface area contributed by atoms with Gasteiger partial charge in [0.1, 0.15) is 16.3 Å². The molecule has 0 aliphatic rings. The number of anilines is 1. The maximum Gasteiger partial charge on any atom is 0.341 e. The molecule has 0 fully saturated rings. The number of hydrogen-bond acceptors (Lipinski definition) is 9. The van der Waals surface area contributed by atoms with Crippen molar-refractivity contribution in [3.63, 3.8) is 0 Å². The Kier molecular flexibility index (Phi) is 7.89. The molecule has 1 amide bonds. The van der Waals surface area contributed by atoms with Gasteiger partial charge in [0, 0.05) is 12.5 Å². The normalized spacial score (nSPS) is 11.0. The van der Waals surface area contributed by atoms with Crippen molar-refractivity contribution in [2.75, 3.05) is 24.8 Å². The molecule has 0 saturated carbocycles. The van der Waals surface area contributed by atoms with E-state index >= 15 is 0 Å². The number of nitrogens with one attached hydrogen (secondary N) is 1. The molecule has 0 atom stereocenters. The highest BCUT2D eigenvalue weighted by Gasteiger charge is 2.24. The Morgan fingerprint density at radius 3 is 2.47 bits per heavy atom. The molecule has 0 bridgehead atoms. The molecule has 30 heavy (non-hydrogen) atoms. The van der Waals surface area contributed by atoms with Crippen LogP contribution in [-0.4, -0.2) is 44.7 Å². The number of thiophene rings is 1. The van der Waals surface area contributed by atoms with Gasteiger partial charge in [0.15, 0.2) is 9.84 Å². The average Bonchev–Trinajstić information content (AvgIpc) is 3.12. The quantitative estimate of drug-likeness (QED) is 0.327. The number of hydrogen-bond donors (Lipinski definition) is 1. The lowest BCUT2D eigenvalue weighted by atomic mass is 10.3. The minimum atomic E-state index is -3.59. The summed E-state index contributed by atoms with van der Waals surface area (Å²) >= 11 is 0.627. The Morgan fingerprint density at radius 2 is 1.90 bits per heavy atom. The highest BCUT2D eigenvalue weighted by atomic mass is 32.2. The third-order valence-electron chi connectivity index (χ3n) is 3.88. The van der Waals surface area contributed by atoms with Crippen LogP contribution in [-0.2, 0) is 19.4 Å². The summed E-state index contributed by atoms with van der Waals surface area (Å²) < 4.78 is 34.5. The number of carbonyl (C=O) groups is 2. The number of sulfone groups is 1. The maximum atomic E-state index is 12.4. The van der Waals surface area contributed by atoms with Gasteiger partial charge >= 0.3 is 11.0 Å². The first-order valence-electron chi connectivity index (χ1n) is 8.80. The number of ether oxygens (including phenoxy) is 2. The highest BCUT2D eigenvalue weighted by molar-refractivity contribution is 7.91. The van der Waals surface area contributed by atoms with E-state index < -0.39 is 26.6 Å². The molecule has 0 aliphatic carbocycles. The van der Waals surface area contributed by atoms with Gasteiger partial charge in [-0.05, 0) is 48.9 Å². The fourth-order valence-electron chi connectivity index (χ4n) is 2.43. The van der Waals surface area contributed by atoms with E-state index in [-0.39, 0.29) is 45.7 Å². The molecule has 1 aromatic heterocycles. The standard InChI is InChI=1S/C18H20N2O8S2/c1-3-28-18(22)14-11-16(20(23)24)29-17(14)19-15(21)5-4-10-30(25,26)13-8-6-12(27-2)7-9-13/h6-9,11H,3-5,10H2,1-2H3,(H,19,21). The lowest BCUT2D eigenvalue weighted by molar-refractivity contribution is -0.380. The van der Waals surface area contributed by atoms with Crippen LogP contribution in [0, 0.1) is 10.1 Å². The lowest BCUT2D eigenvalue weighted by Crippen LogP contribution is -2.15. The summed E-state index contributed by atoms with van der Waals surface area (Å²) in [5, 5.41) is 13.1. The molecule has 162 valence electrons. The number of amides is 1. The largest absolute Gasteiger partial charge is 0.497 e. The highest BCUT2D eigenvalue weighted by Crippen LogP contribution is 2.34. The SMILES string of the molecule is CCOC(=O)c1cc([N+](=O)[O-])sc1NC(=O)CCCS(=O)(=O)c1ccc(OC)cc1. The molecule has 0 saturated heterocycles. The van der Waals surface area contributed by atoms with Crippen LogP contribution in [0.2, 0.25) is 0 Å². The first kappa shape index (κ1) is 23.3. The predicted octanol–water partition coefficient (Wildman–Crippen LogP) is 3.03. The predicted molar refractivity (Wildman–Crippen MR) is 110 cm³/mol. The van der Waals surface area contributed by atoms with E-state index in [1.54, 1.807) is 6.92 Å². The summed E-state index contributed by atoms with van der Waals surface area (Å²) in [4.78, 5) is 34.5. The van der Waals surface area contributed by atoms with E-state index in [0.717, 1.165) is 6.07 Å². The summed E-state index contributed by atoms with van der Waals surface area (Å²) in [6, 6.07) is 6.93. The van der Waals surface area contributed by atoms with E-state index in [9.17, 15) is 28.1 Å². The molecule has 2 aromatic rings. The number of methoxy groups -OCH3 is 1. The van der Waals surface area contributed by atoms with Crippen molar-refractivity contribution in [3.05, 3.63) is 46.0 Å². The van der Waals surface area contributed by atoms with E-state index in [1.165, 1.54) is 31.4 Å². The van der Waals surface area contributed by atoms with Crippen molar-refractivity contribution in [3.8, 4) is 5.75 Å². The second kappa shape index (κ2) is 10.2. The Labute approximate surface area is 176 Å². The van der Waals surface area contributed by atoms with Crippen molar-refractivity contribution in [2.24, 2.45) is 0 Å². The van der Waals surface area contributed by atoms with E-state index in [4.69, 9.17) is 9.47 Å². The zero-order chi connectivity index (χ0) is 22.3. The van der Waals surface area contributed by atoms with E-state index in [0.29, 0.717) is 17.1 Å². The fourth-order valence-corrected chi connectivity index (χ4v) is 4.62. The molecule has 0 radical (unpaired) electrons. The Morgan fingerprint density at radius 1 is 1.23 bits per heavy atom. The van der Waals surface area contributed by atoms with Gasteiger partial charge in [-0.3, -0.25) is 14.9 Å². The Hall–Kier alpha value is -2.99. The molecule has 0 spiro atoms. The Bertz CT molecular complexity index is 1030. The number of benzene rings is 1. The van der Waals surface area contributed by atoms with Crippen molar-refractivity contribution >= 4 is 43.1 Å². The molecule has 1 aromatic carbocycles. The number of carbonyl (C=O) groups excluding carboxylic acids is 2. The molecule has 2 rings (SSSR count). The summed E-state index contributed by atoms with van der Waals surface area (Å²) in [5.74, 6) is -1.10. The molecule has 0 aliphatic heterocycles. The second-order valence-electron chi connectivity index (χ2n) is 5.95. The van der Waals surface area contributed by atoms with Crippen LogP contribution >= 0.6 is 11.3 Å². The number of nitrogens with zero attached hydrogens (tertiary/aromatic N) is 1. The minimum Gasteiger partial charge on any atom is -0.497 e. The van der Waals surface area contributed by atoms with Gasteiger partial charge in [-0.1, -0.05) is 0 Å². The van der Waals surface area contributed by atoms with Gasteiger partial charge in [-0.2, -0.15) is 0 Å². The van der Waals surface area contributed by atoms with Crippen molar-refractivity contribution in [2.45, 2.75) is 24.7 Å². The topological polar surface area (TPSA) is 142 Å². The van der Waals surface area contributed by atoms with Gasteiger partial charge < -0.3 is 14.8 Å². The first-order valence-corrected chi connectivity index (χ1v) is 11.3. The first-order chi connectivity index (χ1) is 14.2. The van der Waals surface area contributed by atoms with E-state index in [2.05, 4.69) is 5.32 Å². The average molecular weight is 456 g/mol. The maximum absolute atomic E-state index is 12.4. The number of rotatable bonds is 10.